The average molecular weight is 601 g/mol. The maximum atomic E-state index is 13.5. The number of amides is 2. The Morgan fingerprint density at radius 3 is 2.16 bits per heavy atom. The van der Waals surface area contributed by atoms with Gasteiger partial charge >= 0.3 is 12.1 Å². The molecule has 1 saturated carbocycles. The van der Waals surface area contributed by atoms with Crippen LogP contribution in [-0.2, 0) is 22.1 Å². The SMILES string of the molecule is CN(C)C(=O)c1cc(CC(=O)OC(c2ccccc2)C2CC2)ccc1NC(=O)c1ccccc1-c1ccc(C(F)(F)F)cc1. The van der Waals surface area contributed by atoms with Crippen molar-refractivity contribution in [2.24, 2.45) is 5.92 Å². The van der Waals surface area contributed by atoms with E-state index in [9.17, 15) is 27.6 Å². The number of hydrogen-bond donors (Lipinski definition) is 1. The van der Waals surface area contributed by atoms with E-state index in [2.05, 4.69) is 5.32 Å². The Morgan fingerprint density at radius 1 is 0.864 bits per heavy atom. The summed E-state index contributed by atoms with van der Waals surface area (Å²) in [5, 5.41) is 2.78. The lowest BCUT2D eigenvalue weighted by molar-refractivity contribution is -0.149. The Kier molecular flexibility index (Phi) is 8.85. The van der Waals surface area contributed by atoms with Crippen molar-refractivity contribution < 1.29 is 32.3 Å². The van der Waals surface area contributed by atoms with Crippen LogP contribution in [-0.4, -0.2) is 36.8 Å². The van der Waals surface area contributed by atoms with E-state index in [-0.39, 0.29) is 41.2 Å². The van der Waals surface area contributed by atoms with Gasteiger partial charge in [-0.15, -0.1) is 0 Å². The van der Waals surface area contributed by atoms with Crippen molar-refractivity contribution in [2.75, 3.05) is 19.4 Å². The Hall–Kier alpha value is -4.92. The molecule has 1 aliphatic rings. The van der Waals surface area contributed by atoms with Crippen LogP contribution in [0.2, 0.25) is 0 Å². The zero-order chi connectivity index (χ0) is 31.4. The topological polar surface area (TPSA) is 75.7 Å². The zero-order valence-electron chi connectivity index (χ0n) is 24.2. The van der Waals surface area contributed by atoms with Crippen LogP contribution in [0.4, 0.5) is 18.9 Å². The summed E-state index contributed by atoms with van der Waals surface area (Å²) in [6.07, 6.45) is -2.88. The van der Waals surface area contributed by atoms with Crippen molar-refractivity contribution in [3.05, 3.63) is 125 Å². The standard InChI is InChI=1S/C35H31F3N2O4/c1-40(2)34(43)29-20-22(21-31(41)44-32(25-13-14-25)24-8-4-3-5-9-24)12-19-30(29)39-33(42)28-11-7-6-10-27(28)23-15-17-26(18-16-23)35(36,37)38/h3-12,15-20,25,32H,13-14,21H2,1-2H3,(H,39,42). The molecule has 1 N–H and O–H groups in total. The minimum atomic E-state index is -4.48. The van der Waals surface area contributed by atoms with Crippen LogP contribution in [0.3, 0.4) is 0 Å². The first kappa shape index (κ1) is 30.5. The number of halogens is 3. The molecule has 0 saturated heterocycles. The maximum Gasteiger partial charge on any atom is 0.416 e. The summed E-state index contributed by atoms with van der Waals surface area (Å²) < 4.78 is 45.1. The highest BCUT2D eigenvalue weighted by atomic mass is 19.4. The molecule has 1 aliphatic carbocycles. The van der Waals surface area contributed by atoms with Gasteiger partial charge in [0.25, 0.3) is 11.8 Å². The van der Waals surface area contributed by atoms with E-state index in [4.69, 9.17) is 4.74 Å². The smallest absolute Gasteiger partial charge is 0.416 e. The van der Waals surface area contributed by atoms with Gasteiger partial charge in [0, 0.05) is 25.6 Å². The molecule has 4 aromatic rings. The number of carbonyl (C=O) groups is 3. The number of alkyl halides is 3. The van der Waals surface area contributed by atoms with Crippen molar-refractivity contribution in [1.82, 2.24) is 4.90 Å². The molecule has 1 atom stereocenters. The van der Waals surface area contributed by atoms with Gasteiger partial charge in [0.15, 0.2) is 0 Å². The number of esters is 1. The van der Waals surface area contributed by atoms with Crippen LogP contribution in [0, 0.1) is 5.92 Å². The monoisotopic (exact) mass is 600 g/mol. The molecule has 1 unspecified atom stereocenters. The third-order valence-corrected chi connectivity index (χ3v) is 7.45. The van der Waals surface area contributed by atoms with Gasteiger partial charge in [-0.2, -0.15) is 13.2 Å². The average Bonchev–Trinajstić information content (AvgIpc) is 3.86. The molecule has 226 valence electrons. The van der Waals surface area contributed by atoms with Crippen LogP contribution >= 0.6 is 0 Å². The molecule has 9 heteroatoms. The highest BCUT2D eigenvalue weighted by Crippen LogP contribution is 2.43. The second kappa shape index (κ2) is 12.8. The molecule has 5 rings (SSSR count). The molecule has 0 heterocycles. The van der Waals surface area contributed by atoms with Gasteiger partial charge in [-0.3, -0.25) is 14.4 Å². The Labute approximate surface area is 253 Å². The minimum Gasteiger partial charge on any atom is -0.457 e. The predicted molar refractivity (Wildman–Crippen MR) is 161 cm³/mol. The summed E-state index contributed by atoms with van der Waals surface area (Å²) in [6.45, 7) is 0. The molecule has 0 radical (unpaired) electrons. The van der Waals surface area contributed by atoms with Gasteiger partial charge in [-0.1, -0.05) is 66.7 Å². The fourth-order valence-electron chi connectivity index (χ4n) is 5.02. The van der Waals surface area contributed by atoms with Crippen molar-refractivity contribution in [3.63, 3.8) is 0 Å². The van der Waals surface area contributed by atoms with Gasteiger partial charge < -0.3 is 15.0 Å². The highest BCUT2D eigenvalue weighted by molar-refractivity contribution is 6.11. The quantitative estimate of drug-likeness (QED) is 0.201. The zero-order valence-corrected chi connectivity index (χ0v) is 24.2. The number of rotatable bonds is 9. The fraction of sp³-hybridized carbons (Fsp3) is 0.229. The van der Waals surface area contributed by atoms with E-state index in [1.807, 2.05) is 30.3 Å². The number of anilines is 1. The first-order chi connectivity index (χ1) is 21.0. The van der Waals surface area contributed by atoms with E-state index in [1.54, 1.807) is 56.6 Å². The van der Waals surface area contributed by atoms with E-state index >= 15 is 0 Å². The molecule has 2 amide bonds. The summed E-state index contributed by atoms with van der Waals surface area (Å²) in [4.78, 5) is 41.0. The normalized spacial score (nSPS) is 13.6. The second-order valence-electron chi connectivity index (χ2n) is 11.0. The summed E-state index contributed by atoms with van der Waals surface area (Å²) in [6, 6.07) is 25.5. The van der Waals surface area contributed by atoms with Crippen molar-refractivity contribution in [3.8, 4) is 11.1 Å². The third-order valence-electron chi connectivity index (χ3n) is 7.45. The number of nitrogens with zero attached hydrogens (tertiary/aromatic N) is 1. The van der Waals surface area contributed by atoms with Gasteiger partial charge in [0.05, 0.1) is 23.2 Å². The predicted octanol–water partition coefficient (Wildman–Crippen LogP) is 7.56. The maximum absolute atomic E-state index is 13.5. The Morgan fingerprint density at radius 2 is 1.52 bits per heavy atom. The molecule has 4 aromatic carbocycles. The lowest BCUT2D eigenvalue weighted by atomic mass is 9.97. The highest BCUT2D eigenvalue weighted by Gasteiger charge is 2.35. The summed E-state index contributed by atoms with van der Waals surface area (Å²) in [5.74, 6) is -1.06. The van der Waals surface area contributed by atoms with Crippen LogP contribution in [0.15, 0.2) is 97.1 Å². The fourth-order valence-corrected chi connectivity index (χ4v) is 5.02. The first-order valence-corrected chi connectivity index (χ1v) is 14.2. The third kappa shape index (κ3) is 7.16. The van der Waals surface area contributed by atoms with E-state index in [0.717, 1.165) is 30.5 Å². The van der Waals surface area contributed by atoms with Gasteiger partial charge in [0.2, 0.25) is 0 Å². The van der Waals surface area contributed by atoms with E-state index in [1.165, 1.54) is 17.0 Å². The Bertz CT molecular complexity index is 1660. The van der Waals surface area contributed by atoms with Crippen molar-refractivity contribution >= 4 is 23.5 Å². The summed E-state index contributed by atoms with van der Waals surface area (Å²) in [5.41, 5.74) is 2.20. The number of nitrogens with one attached hydrogen (secondary N) is 1. The number of hydrogen-bond acceptors (Lipinski definition) is 4. The van der Waals surface area contributed by atoms with E-state index < -0.39 is 23.6 Å². The van der Waals surface area contributed by atoms with Crippen LogP contribution in [0.1, 0.15) is 56.4 Å². The second-order valence-corrected chi connectivity index (χ2v) is 11.0. The van der Waals surface area contributed by atoms with Gasteiger partial charge in [-0.25, -0.2) is 0 Å². The van der Waals surface area contributed by atoms with Crippen LogP contribution in [0.5, 0.6) is 0 Å². The lowest BCUT2D eigenvalue weighted by Gasteiger charge is -2.19. The molecule has 0 bridgehead atoms. The summed E-state index contributed by atoms with van der Waals surface area (Å²) >= 11 is 0. The van der Waals surface area contributed by atoms with Gasteiger partial charge in [0.1, 0.15) is 6.10 Å². The molecule has 1 fully saturated rings. The van der Waals surface area contributed by atoms with Crippen molar-refractivity contribution in [1.29, 1.82) is 0 Å². The molecular formula is C35H31F3N2O4. The van der Waals surface area contributed by atoms with Gasteiger partial charge in [-0.05, 0) is 65.4 Å². The molecule has 44 heavy (non-hydrogen) atoms. The first-order valence-electron chi connectivity index (χ1n) is 14.2. The largest absolute Gasteiger partial charge is 0.457 e. The number of carbonyl (C=O) groups excluding carboxylic acids is 3. The number of ether oxygens (including phenoxy) is 1. The molecule has 6 nitrogen and oxygen atoms in total. The summed E-state index contributed by atoms with van der Waals surface area (Å²) in [7, 11) is 3.16. The number of benzene rings is 4. The molecule has 0 aliphatic heterocycles. The minimum absolute atomic E-state index is 0.0608. The Balaban J connectivity index is 1.37. The van der Waals surface area contributed by atoms with Crippen LogP contribution in [0.25, 0.3) is 11.1 Å². The molecule has 0 aromatic heterocycles. The van der Waals surface area contributed by atoms with E-state index in [0.29, 0.717) is 16.7 Å². The molecular weight excluding hydrogens is 569 g/mol. The lowest BCUT2D eigenvalue weighted by Crippen LogP contribution is -2.24. The van der Waals surface area contributed by atoms with Crippen molar-refractivity contribution in [2.45, 2.75) is 31.5 Å². The van der Waals surface area contributed by atoms with Crippen LogP contribution < -0.4 is 5.32 Å². The molecule has 0 spiro atoms.